The molecule has 0 aliphatic carbocycles. The second kappa shape index (κ2) is 6.59. The first kappa shape index (κ1) is 16.0. The molecule has 0 unspecified atom stereocenters. The van der Waals surface area contributed by atoms with Gasteiger partial charge in [0.1, 0.15) is 0 Å². The van der Waals surface area contributed by atoms with Gasteiger partial charge in [0, 0.05) is 16.8 Å². The first-order valence-corrected chi connectivity index (χ1v) is 9.13. The van der Waals surface area contributed by atoms with Crippen LogP contribution < -0.4 is 10.0 Å². The average Bonchev–Trinajstić information content (AvgIpc) is 3.02. The molecular formula is C13H20N4O2S2. The third-order valence-corrected chi connectivity index (χ3v) is 5.45. The highest BCUT2D eigenvalue weighted by Gasteiger charge is 2.19. The van der Waals surface area contributed by atoms with Gasteiger partial charge in [-0.1, -0.05) is 6.92 Å². The Bertz CT molecular complexity index is 684. The van der Waals surface area contributed by atoms with Gasteiger partial charge in [-0.2, -0.15) is 5.10 Å². The number of hydrogen-bond donors (Lipinski definition) is 3. The Hall–Kier alpha value is -1.38. The zero-order chi connectivity index (χ0) is 15.5. The SMILES string of the molecule is CCCNCc1cc(S(=O)(=O)Nc2c(C)n[nH]c2C)cs1. The Morgan fingerprint density at radius 2 is 2.14 bits per heavy atom. The van der Waals surface area contributed by atoms with E-state index in [4.69, 9.17) is 0 Å². The number of hydrogen-bond acceptors (Lipinski definition) is 5. The largest absolute Gasteiger partial charge is 0.312 e. The molecule has 0 aliphatic rings. The summed E-state index contributed by atoms with van der Waals surface area (Å²) in [6.45, 7) is 7.25. The Morgan fingerprint density at radius 3 is 2.76 bits per heavy atom. The summed E-state index contributed by atoms with van der Waals surface area (Å²) in [4.78, 5) is 1.30. The van der Waals surface area contributed by atoms with E-state index in [0.29, 0.717) is 28.5 Å². The van der Waals surface area contributed by atoms with Crippen LogP contribution in [0, 0.1) is 13.8 Å². The van der Waals surface area contributed by atoms with Crippen molar-refractivity contribution in [2.75, 3.05) is 11.3 Å². The molecule has 0 bridgehead atoms. The van der Waals surface area contributed by atoms with E-state index in [0.717, 1.165) is 17.8 Å². The van der Waals surface area contributed by atoms with Gasteiger partial charge in [-0.15, -0.1) is 11.3 Å². The summed E-state index contributed by atoms with van der Waals surface area (Å²) in [7, 11) is -3.57. The van der Waals surface area contributed by atoms with Crippen molar-refractivity contribution in [3.05, 3.63) is 27.7 Å². The van der Waals surface area contributed by atoms with Crippen molar-refractivity contribution in [1.82, 2.24) is 15.5 Å². The molecule has 0 amide bonds. The van der Waals surface area contributed by atoms with Gasteiger partial charge in [0.15, 0.2) is 0 Å². The number of aromatic nitrogens is 2. The highest BCUT2D eigenvalue weighted by molar-refractivity contribution is 7.92. The highest BCUT2D eigenvalue weighted by Crippen LogP contribution is 2.24. The second-order valence-corrected chi connectivity index (χ2v) is 7.52. The Kier molecular flexibility index (Phi) is 5.02. The molecule has 0 saturated carbocycles. The van der Waals surface area contributed by atoms with Crippen LogP contribution >= 0.6 is 11.3 Å². The van der Waals surface area contributed by atoms with Gasteiger partial charge in [0.25, 0.3) is 10.0 Å². The van der Waals surface area contributed by atoms with Crippen LogP contribution in [0.3, 0.4) is 0 Å². The predicted molar refractivity (Wildman–Crippen MR) is 85.2 cm³/mol. The zero-order valence-corrected chi connectivity index (χ0v) is 14.0. The lowest BCUT2D eigenvalue weighted by atomic mass is 10.3. The lowest BCUT2D eigenvalue weighted by Crippen LogP contribution is -2.14. The van der Waals surface area contributed by atoms with E-state index in [9.17, 15) is 8.42 Å². The zero-order valence-electron chi connectivity index (χ0n) is 12.4. The van der Waals surface area contributed by atoms with Gasteiger partial charge in [-0.05, 0) is 32.9 Å². The minimum Gasteiger partial charge on any atom is -0.312 e. The van der Waals surface area contributed by atoms with E-state index in [1.165, 1.54) is 11.3 Å². The molecule has 0 aromatic carbocycles. The Labute approximate surface area is 129 Å². The maximum absolute atomic E-state index is 12.4. The summed E-state index contributed by atoms with van der Waals surface area (Å²) in [5, 5.41) is 11.7. The van der Waals surface area contributed by atoms with Crippen molar-refractivity contribution in [1.29, 1.82) is 0 Å². The van der Waals surface area contributed by atoms with Crippen molar-refractivity contribution < 1.29 is 8.42 Å². The lowest BCUT2D eigenvalue weighted by molar-refractivity contribution is 0.601. The van der Waals surface area contributed by atoms with Crippen LogP contribution in [-0.4, -0.2) is 25.2 Å². The molecule has 6 nitrogen and oxygen atoms in total. The molecule has 2 heterocycles. The van der Waals surface area contributed by atoms with Gasteiger partial charge in [-0.25, -0.2) is 8.42 Å². The van der Waals surface area contributed by atoms with E-state index < -0.39 is 10.0 Å². The molecule has 116 valence electrons. The van der Waals surface area contributed by atoms with E-state index in [2.05, 4.69) is 27.2 Å². The van der Waals surface area contributed by atoms with E-state index in [1.54, 1.807) is 25.3 Å². The Morgan fingerprint density at radius 1 is 1.38 bits per heavy atom. The van der Waals surface area contributed by atoms with Crippen molar-refractivity contribution >= 4 is 27.0 Å². The van der Waals surface area contributed by atoms with Crippen LogP contribution in [-0.2, 0) is 16.6 Å². The van der Waals surface area contributed by atoms with Gasteiger partial charge in [-0.3, -0.25) is 9.82 Å². The number of nitrogens with zero attached hydrogens (tertiary/aromatic N) is 1. The minimum atomic E-state index is -3.57. The number of aryl methyl sites for hydroxylation is 2. The maximum atomic E-state index is 12.4. The molecule has 21 heavy (non-hydrogen) atoms. The van der Waals surface area contributed by atoms with E-state index >= 15 is 0 Å². The van der Waals surface area contributed by atoms with Crippen LogP contribution in [0.25, 0.3) is 0 Å². The first-order valence-electron chi connectivity index (χ1n) is 6.76. The molecule has 8 heteroatoms. The molecule has 0 atom stereocenters. The summed E-state index contributed by atoms with van der Waals surface area (Å²) < 4.78 is 27.4. The van der Waals surface area contributed by atoms with Crippen LogP contribution in [0.1, 0.15) is 29.6 Å². The second-order valence-electron chi connectivity index (χ2n) is 4.84. The molecule has 2 rings (SSSR count). The predicted octanol–water partition coefficient (Wildman–Crippen LogP) is 2.39. The molecule has 0 aliphatic heterocycles. The summed E-state index contributed by atoms with van der Waals surface area (Å²) in [6.07, 6.45) is 1.05. The highest BCUT2D eigenvalue weighted by atomic mass is 32.2. The summed E-state index contributed by atoms with van der Waals surface area (Å²) in [5.74, 6) is 0. The summed E-state index contributed by atoms with van der Waals surface area (Å²) in [5.41, 5.74) is 1.86. The molecule has 0 fully saturated rings. The van der Waals surface area contributed by atoms with Crippen LogP contribution in [0.5, 0.6) is 0 Å². The molecule has 2 aromatic heterocycles. The number of rotatable bonds is 7. The minimum absolute atomic E-state index is 0.292. The number of H-pyrrole nitrogens is 1. The topological polar surface area (TPSA) is 86.9 Å². The van der Waals surface area contributed by atoms with Gasteiger partial charge < -0.3 is 5.32 Å². The quantitative estimate of drug-likeness (QED) is 0.681. The molecular weight excluding hydrogens is 308 g/mol. The third kappa shape index (κ3) is 3.84. The van der Waals surface area contributed by atoms with Crippen LogP contribution in [0.15, 0.2) is 16.3 Å². The number of anilines is 1. The standard InChI is InChI=1S/C13H20N4O2S2/c1-4-5-14-7-11-6-12(8-20-11)21(18,19)17-13-9(2)15-16-10(13)3/h6,8,14,17H,4-5,7H2,1-3H3,(H,15,16). The fourth-order valence-corrected chi connectivity index (χ4v) is 4.30. The van der Waals surface area contributed by atoms with Crippen LogP contribution in [0.2, 0.25) is 0 Å². The fourth-order valence-electron chi connectivity index (χ4n) is 1.88. The van der Waals surface area contributed by atoms with Gasteiger partial charge >= 0.3 is 0 Å². The number of thiophene rings is 1. The maximum Gasteiger partial charge on any atom is 0.262 e. The van der Waals surface area contributed by atoms with E-state index in [1.807, 2.05) is 0 Å². The van der Waals surface area contributed by atoms with Crippen molar-refractivity contribution in [2.45, 2.75) is 38.6 Å². The smallest absolute Gasteiger partial charge is 0.262 e. The molecule has 0 saturated heterocycles. The van der Waals surface area contributed by atoms with E-state index in [-0.39, 0.29) is 0 Å². The molecule has 2 aromatic rings. The average molecular weight is 328 g/mol. The van der Waals surface area contributed by atoms with Crippen molar-refractivity contribution in [2.24, 2.45) is 0 Å². The van der Waals surface area contributed by atoms with Crippen LogP contribution in [0.4, 0.5) is 5.69 Å². The third-order valence-electron chi connectivity index (χ3n) is 3.03. The lowest BCUT2D eigenvalue weighted by Gasteiger charge is -2.06. The van der Waals surface area contributed by atoms with Crippen molar-refractivity contribution in [3.8, 4) is 0 Å². The monoisotopic (exact) mass is 328 g/mol. The normalized spacial score (nSPS) is 11.8. The van der Waals surface area contributed by atoms with Gasteiger partial charge in [0.2, 0.25) is 0 Å². The molecule has 3 N–H and O–H groups in total. The number of aromatic amines is 1. The summed E-state index contributed by atoms with van der Waals surface area (Å²) >= 11 is 1.44. The number of sulfonamides is 1. The van der Waals surface area contributed by atoms with Gasteiger partial charge in [0.05, 0.1) is 22.0 Å². The molecule has 0 radical (unpaired) electrons. The Balaban J connectivity index is 2.13. The molecule has 0 spiro atoms. The fraction of sp³-hybridized carbons (Fsp3) is 0.462. The number of nitrogens with one attached hydrogen (secondary N) is 3. The first-order chi connectivity index (χ1) is 9.94. The van der Waals surface area contributed by atoms with Crippen molar-refractivity contribution in [3.63, 3.8) is 0 Å². The summed E-state index contributed by atoms with van der Waals surface area (Å²) in [6, 6.07) is 1.71.